The Labute approximate surface area is 116 Å². The van der Waals surface area contributed by atoms with Crippen LogP contribution >= 0.6 is 0 Å². The van der Waals surface area contributed by atoms with Crippen molar-refractivity contribution in [3.8, 4) is 0 Å². The quantitative estimate of drug-likeness (QED) is 0.769. The van der Waals surface area contributed by atoms with Gasteiger partial charge in [-0.15, -0.1) is 0 Å². The van der Waals surface area contributed by atoms with E-state index >= 15 is 0 Å². The molecule has 0 aliphatic heterocycles. The topological polar surface area (TPSA) is 45.8 Å². The van der Waals surface area contributed by atoms with Gasteiger partial charge >= 0.3 is 0 Å². The van der Waals surface area contributed by atoms with Crippen molar-refractivity contribution >= 4 is 23.2 Å². The van der Waals surface area contributed by atoms with Crippen molar-refractivity contribution in [3.05, 3.63) is 75.7 Å². The van der Waals surface area contributed by atoms with Gasteiger partial charge in [0.05, 0.1) is 11.0 Å². The highest BCUT2D eigenvalue weighted by atomic mass is 16.1. The summed E-state index contributed by atoms with van der Waals surface area (Å²) in [6.07, 6.45) is 3.63. The first-order chi connectivity index (χ1) is 9.72. The van der Waals surface area contributed by atoms with Crippen LogP contribution in [0, 0.1) is 6.92 Å². The number of rotatable bonds is 2. The second-order valence-electron chi connectivity index (χ2n) is 4.72. The maximum absolute atomic E-state index is 12.0. The fourth-order valence-electron chi connectivity index (χ4n) is 2.07. The summed E-state index contributed by atoms with van der Waals surface area (Å²) < 4.78 is 0. The summed E-state index contributed by atoms with van der Waals surface area (Å²) in [6.45, 7) is 1.99. The molecule has 3 rings (SSSR count). The number of nitrogens with zero attached hydrogens (tertiary/aromatic N) is 1. The molecule has 3 aromatic rings. The average molecular weight is 262 g/mol. The van der Waals surface area contributed by atoms with E-state index in [1.807, 2.05) is 61.5 Å². The van der Waals surface area contributed by atoms with Gasteiger partial charge in [0.25, 0.3) is 5.56 Å². The number of hydrogen-bond donors (Lipinski definition) is 1. The molecule has 0 saturated heterocycles. The molecule has 1 aromatic heterocycles. The third kappa shape index (κ3) is 2.52. The minimum absolute atomic E-state index is 0.171. The Morgan fingerprint density at radius 2 is 1.85 bits per heavy atom. The highest BCUT2D eigenvalue weighted by Gasteiger charge is 2.01. The van der Waals surface area contributed by atoms with E-state index in [0.29, 0.717) is 5.69 Å². The van der Waals surface area contributed by atoms with E-state index in [9.17, 15) is 4.79 Å². The first kappa shape index (κ1) is 12.4. The fourth-order valence-corrected chi connectivity index (χ4v) is 2.07. The molecule has 0 unspecified atom stereocenters. The first-order valence-electron chi connectivity index (χ1n) is 6.46. The van der Waals surface area contributed by atoms with Gasteiger partial charge in [0.1, 0.15) is 5.69 Å². The molecule has 0 amide bonds. The second-order valence-corrected chi connectivity index (χ2v) is 4.72. The Morgan fingerprint density at radius 3 is 2.65 bits per heavy atom. The summed E-state index contributed by atoms with van der Waals surface area (Å²) in [5, 5.41) is 0. The lowest BCUT2D eigenvalue weighted by molar-refractivity contribution is 1.19. The van der Waals surface area contributed by atoms with Crippen LogP contribution in [0.25, 0.3) is 23.2 Å². The molecule has 0 aliphatic carbocycles. The maximum Gasteiger partial charge on any atom is 0.274 e. The second kappa shape index (κ2) is 5.13. The van der Waals surface area contributed by atoms with Gasteiger partial charge in [-0.2, -0.15) is 0 Å². The van der Waals surface area contributed by atoms with E-state index < -0.39 is 0 Å². The highest BCUT2D eigenvalue weighted by molar-refractivity contribution is 5.77. The minimum Gasteiger partial charge on any atom is -0.319 e. The van der Waals surface area contributed by atoms with Gasteiger partial charge in [-0.25, -0.2) is 4.98 Å². The Bertz CT molecular complexity index is 832. The van der Waals surface area contributed by atoms with E-state index in [4.69, 9.17) is 0 Å². The van der Waals surface area contributed by atoms with Gasteiger partial charge in [0, 0.05) is 0 Å². The summed E-state index contributed by atoms with van der Waals surface area (Å²) >= 11 is 0. The van der Waals surface area contributed by atoms with E-state index in [2.05, 4.69) is 9.97 Å². The predicted molar refractivity (Wildman–Crippen MR) is 82.5 cm³/mol. The van der Waals surface area contributed by atoms with E-state index in [1.165, 1.54) is 0 Å². The molecule has 0 atom stereocenters. The van der Waals surface area contributed by atoms with Crippen LogP contribution in [0.5, 0.6) is 0 Å². The van der Waals surface area contributed by atoms with Gasteiger partial charge in [-0.1, -0.05) is 42.5 Å². The molecule has 0 aliphatic rings. The van der Waals surface area contributed by atoms with E-state index in [-0.39, 0.29) is 5.56 Å². The summed E-state index contributed by atoms with van der Waals surface area (Å²) in [5.41, 5.74) is 3.95. The highest BCUT2D eigenvalue weighted by Crippen LogP contribution is 2.11. The normalized spacial score (nSPS) is 11.2. The first-order valence-corrected chi connectivity index (χ1v) is 6.46. The summed E-state index contributed by atoms with van der Waals surface area (Å²) in [6, 6.07) is 15.7. The number of fused-ring (bicyclic) bond motifs is 1. The van der Waals surface area contributed by atoms with Crippen LogP contribution < -0.4 is 5.56 Å². The molecule has 0 fully saturated rings. The molecule has 2 aromatic carbocycles. The Kier molecular flexibility index (Phi) is 3.17. The van der Waals surface area contributed by atoms with Crippen molar-refractivity contribution in [1.82, 2.24) is 9.97 Å². The number of benzene rings is 2. The molecule has 0 spiro atoms. The standard InChI is InChI=1S/C17H14N2O/c1-12-7-9-14-16(11-12)19-17(20)15(18-14)10-8-13-5-3-2-4-6-13/h2-11H,1H3,(H,19,20)/b10-8-. The van der Waals surface area contributed by atoms with Crippen LogP contribution in [-0.4, -0.2) is 9.97 Å². The summed E-state index contributed by atoms with van der Waals surface area (Å²) in [4.78, 5) is 19.3. The fraction of sp³-hybridized carbons (Fsp3) is 0.0588. The zero-order valence-electron chi connectivity index (χ0n) is 11.1. The number of aryl methyl sites for hydroxylation is 1. The van der Waals surface area contributed by atoms with Gasteiger partial charge in [-0.05, 0) is 36.3 Å². The monoisotopic (exact) mass is 262 g/mol. The molecule has 20 heavy (non-hydrogen) atoms. The lowest BCUT2D eigenvalue weighted by Gasteiger charge is -2.00. The van der Waals surface area contributed by atoms with Crippen molar-refractivity contribution < 1.29 is 0 Å². The van der Waals surface area contributed by atoms with Crippen LogP contribution in [-0.2, 0) is 0 Å². The summed E-state index contributed by atoms with van der Waals surface area (Å²) in [5.74, 6) is 0. The minimum atomic E-state index is -0.171. The van der Waals surface area contributed by atoms with Crippen LogP contribution in [0.3, 0.4) is 0 Å². The largest absolute Gasteiger partial charge is 0.319 e. The van der Waals surface area contributed by atoms with Crippen molar-refractivity contribution in [1.29, 1.82) is 0 Å². The zero-order valence-corrected chi connectivity index (χ0v) is 11.1. The third-order valence-corrected chi connectivity index (χ3v) is 3.11. The Hall–Kier alpha value is -2.68. The van der Waals surface area contributed by atoms with Gasteiger partial charge < -0.3 is 4.98 Å². The van der Waals surface area contributed by atoms with Crippen molar-refractivity contribution in [2.75, 3.05) is 0 Å². The molecule has 0 saturated carbocycles. The smallest absolute Gasteiger partial charge is 0.274 e. The molecular weight excluding hydrogens is 248 g/mol. The lowest BCUT2D eigenvalue weighted by Crippen LogP contribution is -2.11. The van der Waals surface area contributed by atoms with E-state index in [1.54, 1.807) is 6.08 Å². The molecule has 1 heterocycles. The average Bonchev–Trinajstić information content (AvgIpc) is 2.46. The number of hydrogen-bond acceptors (Lipinski definition) is 2. The van der Waals surface area contributed by atoms with E-state index in [0.717, 1.165) is 22.2 Å². The molecule has 0 bridgehead atoms. The number of aromatic amines is 1. The molecule has 3 heteroatoms. The summed E-state index contributed by atoms with van der Waals surface area (Å²) in [7, 11) is 0. The molecule has 0 radical (unpaired) electrons. The Balaban J connectivity index is 2.04. The maximum atomic E-state index is 12.0. The van der Waals surface area contributed by atoms with Crippen molar-refractivity contribution in [2.24, 2.45) is 0 Å². The predicted octanol–water partition coefficient (Wildman–Crippen LogP) is 3.40. The zero-order chi connectivity index (χ0) is 13.9. The SMILES string of the molecule is Cc1ccc2nc(/C=C\c3ccccc3)c(=O)[nH]c2c1. The van der Waals surface area contributed by atoms with Crippen LogP contribution in [0.15, 0.2) is 53.3 Å². The van der Waals surface area contributed by atoms with Crippen LogP contribution in [0.1, 0.15) is 16.8 Å². The number of nitrogens with one attached hydrogen (secondary N) is 1. The van der Waals surface area contributed by atoms with Gasteiger partial charge in [0.15, 0.2) is 0 Å². The van der Waals surface area contributed by atoms with Crippen molar-refractivity contribution in [2.45, 2.75) is 6.92 Å². The molecule has 1 N–H and O–H groups in total. The van der Waals surface area contributed by atoms with Crippen molar-refractivity contribution in [3.63, 3.8) is 0 Å². The van der Waals surface area contributed by atoms with Crippen LogP contribution in [0.4, 0.5) is 0 Å². The molecule has 3 nitrogen and oxygen atoms in total. The number of aromatic nitrogens is 2. The molecular formula is C17H14N2O. The molecule has 98 valence electrons. The van der Waals surface area contributed by atoms with Gasteiger partial charge in [0.2, 0.25) is 0 Å². The lowest BCUT2D eigenvalue weighted by atomic mass is 10.2. The third-order valence-electron chi connectivity index (χ3n) is 3.11. The van der Waals surface area contributed by atoms with Gasteiger partial charge in [-0.3, -0.25) is 4.79 Å². The van der Waals surface area contributed by atoms with Crippen LogP contribution in [0.2, 0.25) is 0 Å². The Morgan fingerprint density at radius 1 is 1.05 bits per heavy atom. The number of H-pyrrole nitrogens is 1.